The van der Waals surface area contributed by atoms with E-state index in [4.69, 9.17) is 14.0 Å². The number of nitrogens with one attached hydrogen (secondary N) is 1. The van der Waals surface area contributed by atoms with Crippen LogP contribution in [0.5, 0.6) is 17.2 Å². The van der Waals surface area contributed by atoms with Crippen molar-refractivity contribution in [2.24, 2.45) is 0 Å². The molecule has 1 fully saturated rings. The Bertz CT molecular complexity index is 1350. The highest BCUT2D eigenvalue weighted by Crippen LogP contribution is 2.41. The molecule has 2 aromatic carbocycles. The van der Waals surface area contributed by atoms with E-state index in [9.17, 15) is 9.90 Å². The number of nitrogens with zero attached hydrogens (tertiary/aromatic N) is 4. The van der Waals surface area contributed by atoms with Gasteiger partial charge >= 0.3 is 5.88 Å². The zero-order chi connectivity index (χ0) is 30.7. The number of hydrogen-bond donors (Lipinski definition) is 2. The van der Waals surface area contributed by atoms with Crippen molar-refractivity contribution in [3.63, 3.8) is 0 Å². The van der Waals surface area contributed by atoms with Crippen molar-refractivity contribution in [3.8, 4) is 17.2 Å². The minimum absolute atomic E-state index is 0.189. The van der Waals surface area contributed by atoms with Crippen LogP contribution in [0.15, 0.2) is 45.9 Å². The predicted molar refractivity (Wildman–Crippen MR) is 164 cm³/mol. The molecular weight excluding hydrogens is 554 g/mol. The normalized spacial score (nSPS) is 14.6. The number of ether oxygens (including phenoxy) is 2. The van der Waals surface area contributed by atoms with Crippen LogP contribution in [0.2, 0.25) is 0 Å². The summed E-state index contributed by atoms with van der Waals surface area (Å²) in [5.41, 5.74) is 2.45. The maximum absolute atomic E-state index is 12.8. The third-order valence-electron chi connectivity index (χ3n) is 7.28. The number of anilines is 1. The molecule has 0 saturated carbocycles. The monoisotopic (exact) mass is 598 g/mol. The molecule has 1 amide bonds. The van der Waals surface area contributed by atoms with Gasteiger partial charge in [0, 0.05) is 35.7 Å². The lowest BCUT2D eigenvalue weighted by Crippen LogP contribution is -2.65. The largest absolute Gasteiger partial charge is 0.507 e. The third kappa shape index (κ3) is 7.69. The molecule has 1 aliphatic rings. The number of piperazine rings is 1. The number of phenols is 1. The van der Waals surface area contributed by atoms with Crippen LogP contribution in [-0.2, 0) is 22.2 Å². The van der Waals surface area contributed by atoms with E-state index in [1.807, 2.05) is 24.3 Å². The summed E-state index contributed by atoms with van der Waals surface area (Å²) in [6.07, 6.45) is 1.70. The van der Waals surface area contributed by atoms with Gasteiger partial charge in [0.1, 0.15) is 5.75 Å². The van der Waals surface area contributed by atoms with Crippen molar-refractivity contribution >= 4 is 23.6 Å². The number of aromatic nitrogens is 2. The first kappa shape index (κ1) is 31.5. The van der Waals surface area contributed by atoms with Crippen molar-refractivity contribution in [2.75, 3.05) is 56.5 Å². The van der Waals surface area contributed by atoms with Crippen LogP contribution in [-0.4, -0.2) is 67.3 Å². The minimum atomic E-state index is -0.231. The molecule has 1 aliphatic heterocycles. The standard InChI is InChI=1S/C31H43N5O5S/c1-30(2,3)23-16-22(17-24(29(23)38)31(4,5)6)42-20-27(37)32-28-19-36(33-41-28)35-13-11-34(12-14-35)18-21-9-10-25(39-7)26(15-21)40-8/h9-10,15-17,19H,11-14,18,20H2,1-8H3,(H-,32,33,37,38)/p+1. The fraction of sp³-hybridized carbons (Fsp3) is 0.516. The SMILES string of the molecule is COc1ccc(CN2CCN([n+]3cc(NC(=O)CSc4cc(C(C)(C)C)c(O)c(C(C)(C)C)c4)on3)CC2)cc1OC. The van der Waals surface area contributed by atoms with E-state index in [2.05, 4.69) is 68.1 Å². The van der Waals surface area contributed by atoms with Crippen LogP contribution in [0.25, 0.3) is 0 Å². The van der Waals surface area contributed by atoms with Gasteiger partial charge in [-0.25, -0.2) is 0 Å². The first-order chi connectivity index (χ1) is 19.8. The average Bonchev–Trinajstić information content (AvgIpc) is 3.39. The Balaban J connectivity index is 1.31. The Morgan fingerprint density at radius 1 is 1.00 bits per heavy atom. The second-order valence-corrected chi connectivity index (χ2v) is 13.7. The average molecular weight is 599 g/mol. The topological polar surface area (TPSA) is 104 Å². The van der Waals surface area contributed by atoms with Crippen LogP contribution in [0.1, 0.15) is 58.2 Å². The van der Waals surface area contributed by atoms with Gasteiger partial charge in [-0.3, -0.25) is 19.5 Å². The molecule has 2 heterocycles. The number of thioether (sulfide) groups is 1. The lowest BCUT2D eigenvalue weighted by atomic mass is 9.79. The summed E-state index contributed by atoms with van der Waals surface area (Å²) in [5, 5.41) is 20.0. The van der Waals surface area contributed by atoms with E-state index in [-0.39, 0.29) is 22.5 Å². The summed E-state index contributed by atoms with van der Waals surface area (Å²) in [5.74, 6) is 2.09. The molecule has 42 heavy (non-hydrogen) atoms. The molecule has 0 radical (unpaired) electrons. The molecule has 0 unspecified atom stereocenters. The summed E-state index contributed by atoms with van der Waals surface area (Å²) in [7, 11) is 3.28. The van der Waals surface area contributed by atoms with Crippen LogP contribution >= 0.6 is 11.8 Å². The Morgan fingerprint density at radius 3 is 2.19 bits per heavy atom. The maximum atomic E-state index is 12.8. The van der Waals surface area contributed by atoms with E-state index in [1.54, 1.807) is 25.2 Å². The van der Waals surface area contributed by atoms with Crippen LogP contribution in [0.4, 0.5) is 5.88 Å². The molecule has 0 aliphatic carbocycles. The maximum Gasteiger partial charge on any atom is 0.305 e. The number of benzene rings is 2. The summed E-state index contributed by atoms with van der Waals surface area (Å²) in [4.78, 5) is 17.8. The number of aromatic hydroxyl groups is 1. The molecule has 0 atom stereocenters. The van der Waals surface area contributed by atoms with E-state index in [0.717, 1.165) is 65.8 Å². The van der Waals surface area contributed by atoms with E-state index in [0.29, 0.717) is 11.6 Å². The number of carbonyl (C=O) groups excluding carboxylic acids is 1. The molecule has 0 spiro atoms. The summed E-state index contributed by atoms with van der Waals surface area (Å²) >= 11 is 1.43. The number of amides is 1. The Morgan fingerprint density at radius 2 is 1.62 bits per heavy atom. The summed E-state index contributed by atoms with van der Waals surface area (Å²) in [6, 6.07) is 9.97. The van der Waals surface area contributed by atoms with Crippen molar-refractivity contribution in [1.29, 1.82) is 0 Å². The second kappa shape index (κ2) is 12.8. The first-order valence-electron chi connectivity index (χ1n) is 14.2. The smallest absolute Gasteiger partial charge is 0.305 e. The van der Waals surface area contributed by atoms with Crippen LogP contribution < -0.4 is 24.6 Å². The van der Waals surface area contributed by atoms with Gasteiger partial charge in [0.25, 0.3) is 6.20 Å². The molecular formula is C31H44N5O5S+. The quantitative estimate of drug-likeness (QED) is 0.273. The van der Waals surface area contributed by atoms with Gasteiger partial charge in [-0.2, -0.15) is 5.01 Å². The van der Waals surface area contributed by atoms with E-state index >= 15 is 0 Å². The fourth-order valence-corrected chi connectivity index (χ4v) is 5.69. The van der Waals surface area contributed by atoms with Crippen molar-refractivity contribution < 1.29 is 28.7 Å². The lowest BCUT2D eigenvalue weighted by molar-refractivity contribution is -0.759. The molecule has 1 saturated heterocycles. The zero-order valence-electron chi connectivity index (χ0n) is 26.0. The van der Waals surface area contributed by atoms with Crippen molar-refractivity contribution in [3.05, 3.63) is 53.2 Å². The van der Waals surface area contributed by atoms with Crippen molar-refractivity contribution in [2.45, 2.75) is 63.8 Å². The van der Waals surface area contributed by atoms with Gasteiger partial charge < -0.3 is 14.6 Å². The molecule has 2 N–H and O–H groups in total. The number of phenolic OH excluding ortho intramolecular Hbond substituents is 1. The molecule has 228 valence electrons. The van der Waals surface area contributed by atoms with E-state index in [1.165, 1.54) is 11.8 Å². The van der Waals surface area contributed by atoms with Crippen LogP contribution in [0, 0.1) is 0 Å². The van der Waals surface area contributed by atoms with Gasteiger partial charge in [0.2, 0.25) is 11.2 Å². The Labute approximate surface area is 252 Å². The molecule has 11 heteroatoms. The molecule has 0 bridgehead atoms. The molecule has 4 rings (SSSR count). The van der Waals surface area contributed by atoms with Gasteiger partial charge in [0.05, 0.1) is 37.9 Å². The second-order valence-electron chi connectivity index (χ2n) is 12.6. The zero-order valence-corrected chi connectivity index (χ0v) is 26.8. The van der Waals surface area contributed by atoms with E-state index < -0.39 is 0 Å². The van der Waals surface area contributed by atoms with Gasteiger partial charge in [-0.05, 0) is 40.7 Å². The number of rotatable bonds is 9. The number of carbonyl (C=O) groups is 1. The number of methoxy groups -OCH3 is 2. The Kier molecular flexibility index (Phi) is 9.62. The molecule has 3 aromatic rings. The summed E-state index contributed by atoms with van der Waals surface area (Å²) < 4.78 is 16.2. The highest BCUT2D eigenvalue weighted by molar-refractivity contribution is 8.00. The number of hydrogen-bond acceptors (Lipinski definition) is 9. The minimum Gasteiger partial charge on any atom is -0.507 e. The highest BCUT2D eigenvalue weighted by atomic mass is 32.2. The third-order valence-corrected chi connectivity index (χ3v) is 8.26. The van der Waals surface area contributed by atoms with Crippen LogP contribution in [0.3, 0.4) is 0 Å². The molecule has 1 aromatic heterocycles. The van der Waals surface area contributed by atoms with Gasteiger partial charge in [-0.1, -0.05) is 47.6 Å². The first-order valence-corrected chi connectivity index (χ1v) is 15.1. The highest BCUT2D eigenvalue weighted by Gasteiger charge is 2.28. The Hall–Kier alpha value is -3.44. The van der Waals surface area contributed by atoms with Crippen molar-refractivity contribution in [1.82, 2.24) is 10.2 Å². The van der Waals surface area contributed by atoms with Gasteiger partial charge in [-0.15, -0.1) is 11.8 Å². The fourth-order valence-electron chi connectivity index (χ4n) is 4.92. The summed E-state index contributed by atoms with van der Waals surface area (Å²) in [6.45, 7) is 16.5. The molecule has 10 nitrogen and oxygen atoms in total. The lowest BCUT2D eigenvalue weighted by Gasteiger charge is -2.30. The van der Waals surface area contributed by atoms with Gasteiger partial charge in [0.15, 0.2) is 11.5 Å². The predicted octanol–water partition coefficient (Wildman–Crippen LogP) is 4.46.